The fraction of sp³-hybridized carbons (Fsp3) is 0.143. The van der Waals surface area contributed by atoms with Crippen molar-refractivity contribution in [2.75, 3.05) is 0 Å². The number of hydrogen-bond acceptors (Lipinski definition) is 4. The van der Waals surface area contributed by atoms with Gasteiger partial charge in [-0.05, 0) is 23.7 Å². The predicted molar refractivity (Wildman–Crippen MR) is 44.0 cm³/mol. The number of rotatable bonds is 2. The maximum atomic E-state index is 11.9. The van der Waals surface area contributed by atoms with Gasteiger partial charge in [0.2, 0.25) is 0 Å². The lowest BCUT2D eigenvalue weighted by Crippen LogP contribution is -2.02. The fourth-order valence-electron chi connectivity index (χ4n) is 0.971. The lowest BCUT2D eigenvalue weighted by Gasteiger charge is -2.02. The highest BCUT2D eigenvalue weighted by atomic mass is 32.1. The molecule has 68 valence electrons. The summed E-state index contributed by atoms with van der Waals surface area (Å²) in [6, 6.07) is 4.81. The number of fused-ring (bicyclic) bond motifs is 1. The molecule has 1 aromatic heterocycles. The summed E-state index contributed by atoms with van der Waals surface area (Å²) in [4.78, 5) is 0. The van der Waals surface area contributed by atoms with E-state index < -0.39 is 6.61 Å². The molecule has 1 aromatic carbocycles. The van der Waals surface area contributed by atoms with Crippen LogP contribution in [0, 0.1) is 0 Å². The quantitative estimate of drug-likeness (QED) is 0.749. The molecule has 13 heavy (non-hydrogen) atoms. The number of hydrogen-bond donors (Lipinski definition) is 0. The van der Waals surface area contributed by atoms with Gasteiger partial charge in [0.1, 0.15) is 5.52 Å². The summed E-state index contributed by atoms with van der Waals surface area (Å²) in [7, 11) is 0. The topological polar surface area (TPSA) is 35.0 Å². The van der Waals surface area contributed by atoms with E-state index in [0.29, 0.717) is 5.52 Å². The van der Waals surface area contributed by atoms with Gasteiger partial charge in [-0.25, -0.2) is 0 Å². The third-order valence-electron chi connectivity index (χ3n) is 1.46. The van der Waals surface area contributed by atoms with Crippen LogP contribution < -0.4 is 4.74 Å². The molecule has 0 radical (unpaired) electrons. The standard InChI is InChI=1S/C7H4F2N2OS/c8-7(9)12-4-2-1-3-5-6(4)10-11-13-5/h1-3,7H. The number of halogens is 2. The third-order valence-corrected chi connectivity index (χ3v) is 2.15. The molecule has 0 aliphatic carbocycles. The Bertz CT molecular complexity index is 418. The Hall–Kier alpha value is -1.30. The van der Waals surface area contributed by atoms with E-state index in [2.05, 4.69) is 14.3 Å². The molecule has 0 bridgehead atoms. The van der Waals surface area contributed by atoms with Crippen molar-refractivity contribution in [1.82, 2.24) is 9.59 Å². The largest absolute Gasteiger partial charge is 0.432 e. The normalized spacial score (nSPS) is 11.0. The van der Waals surface area contributed by atoms with Crippen LogP contribution in [0.4, 0.5) is 8.78 Å². The van der Waals surface area contributed by atoms with Crippen LogP contribution in [0.5, 0.6) is 5.75 Å². The maximum absolute atomic E-state index is 11.9. The number of benzene rings is 1. The highest BCUT2D eigenvalue weighted by molar-refractivity contribution is 7.13. The summed E-state index contributed by atoms with van der Waals surface area (Å²) in [5.74, 6) is 0.0706. The van der Waals surface area contributed by atoms with Gasteiger partial charge in [0.05, 0.1) is 4.70 Å². The average molecular weight is 202 g/mol. The van der Waals surface area contributed by atoms with E-state index in [0.717, 1.165) is 16.2 Å². The van der Waals surface area contributed by atoms with E-state index >= 15 is 0 Å². The van der Waals surface area contributed by atoms with E-state index in [4.69, 9.17) is 0 Å². The molecule has 0 fully saturated rings. The smallest absolute Gasteiger partial charge is 0.387 e. The molecule has 2 aromatic rings. The minimum Gasteiger partial charge on any atom is -0.432 e. The van der Waals surface area contributed by atoms with Crippen LogP contribution in [-0.2, 0) is 0 Å². The summed E-state index contributed by atoms with van der Waals surface area (Å²) >= 11 is 1.14. The Morgan fingerprint density at radius 2 is 2.23 bits per heavy atom. The van der Waals surface area contributed by atoms with E-state index in [-0.39, 0.29) is 5.75 Å². The Kier molecular flexibility index (Phi) is 2.05. The SMILES string of the molecule is FC(F)Oc1cccc2snnc12. The van der Waals surface area contributed by atoms with Crippen LogP contribution in [0.25, 0.3) is 10.2 Å². The summed E-state index contributed by atoms with van der Waals surface area (Å²) in [6.07, 6.45) is 0. The van der Waals surface area contributed by atoms with Gasteiger partial charge in [-0.2, -0.15) is 8.78 Å². The minimum atomic E-state index is -2.83. The van der Waals surface area contributed by atoms with Crippen LogP contribution in [-0.4, -0.2) is 16.2 Å². The zero-order valence-corrected chi connectivity index (χ0v) is 7.09. The Labute approximate surface area is 76.1 Å². The molecule has 0 aliphatic heterocycles. The predicted octanol–water partition coefficient (Wildman–Crippen LogP) is 2.29. The monoisotopic (exact) mass is 202 g/mol. The molecule has 2 rings (SSSR count). The van der Waals surface area contributed by atoms with Crippen LogP contribution in [0.3, 0.4) is 0 Å². The fourth-order valence-corrected chi connectivity index (χ4v) is 1.55. The van der Waals surface area contributed by atoms with Crippen molar-refractivity contribution >= 4 is 21.7 Å². The molecule has 0 saturated carbocycles. The molecular formula is C7H4F2N2OS. The second-order valence-electron chi connectivity index (χ2n) is 2.25. The van der Waals surface area contributed by atoms with Crippen LogP contribution in [0.15, 0.2) is 18.2 Å². The first-order chi connectivity index (χ1) is 6.27. The van der Waals surface area contributed by atoms with Gasteiger partial charge in [-0.15, -0.1) is 5.10 Å². The number of aromatic nitrogens is 2. The van der Waals surface area contributed by atoms with Crippen molar-refractivity contribution in [3.05, 3.63) is 18.2 Å². The Morgan fingerprint density at radius 1 is 1.38 bits per heavy atom. The van der Waals surface area contributed by atoms with Gasteiger partial charge in [0, 0.05) is 0 Å². The van der Waals surface area contributed by atoms with Crippen molar-refractivity contribution in [2.45, 2.75) is 6.61 Å². The maximum Gasteiger partial charge on any atom is 0.387 e. The second-order valence-corrected chi connectivity index (χ2v) is 3.04. The lowest BCUT2D eigenvalue weighted by molar-refractivity contribution is -0.0489. The van der Waals surface area contributed by atoms with Gasteiger partial charge in [-0.3, -0.25) is 0 Å². The van der Waals surface area contributed by atoms with Gasteiger partial charge >= 0.3 is 6.61 Å². The van der Waals surface area contributed by atoms with Gasteiger partial charge < -0.3 is 4.74 Å². The summed E-state index contributed by atoms with van der Waals surface area (Å²) in [5.41, 5.74) is 0.382. The first-order valence-electron chi connectivity index (χ1n) is 3.43. The van der Waals surface area contributed by atoms with E-state index in [1.807, 2.05) is 0 Å². The zero-order chi connectivity index (χ0) is 9.26. The second kappa shape index (κ2) is 3.21. The lowest BCUT2D eigenvalue weighted by atomic mass is 10.3. The molecule has 0 amide bonds. The van der Waals surface area contributed by atoms with E-state index in [9.17, 15) is 8.78 Å². The molecule has 3 nitrogen and oxygen atoms in total. The first-order valence-corrected chi connectivity index (χ1v) is 4.20. The van der Waals surface area contributed by atoms with Crippen molar-refractivity contribution in [1.29, 1.82) is 0 Å². The highest BCUT2D eigenvalue weighted by Crippen LogP contribution is 2.26. The summed E-state index contributed by atoms with van der Waals surface area (Å²) in [6.45, 7) is -2.83. The average Bonchev–Trinajstić information content (AvgIpc) is 2.51. The molecule has 0 saturated heterocycles. The van der Waals surface area contributed by atoms with Gasteiger partial charge in [0.15, 0.2) is 5.75 Å². The van der Waals surface area contributed by atoms with Gasteiger partial charge in [0.25, 0.3) is 0 Å². The molecule has 0 N–H and O–H groups in total. The summed E-state index contributed by atoms with van der Waals surface area (Å²) in [5, 5.41) is 3.68. The Balaban J connectivity index is 2.48. The number of ether oxygens (including phenoxy) is 1. The molecule has 0 spiro atoms. The summed E-state index contributed by atoms with van der Waals surface area (Å²) < 4.78 is 32.4. The van der Waals surface area contributed by atoms with Crippen LogP contribution in [0.1, 0.15) is 0 Å². The molecule has 1 heterocycles. The van der Waals surface area contributed by atoms with Crippen molar-refractivity contribution in [2.24, 2.45) is 0 Å². The number of nitrogens with zero attached hydrogens (tertiary/aromatic N) is 2. The van der Waals surface area contributed by atoms with E-state index in [1.165, 1.54) is 6.07 Å². The molecule has 6 heteroatoms. The first kappa shape index (κ1) is 8.31. The van der Waals surface area contributed by atoms with Crippen molar-refractivity contribution in [3.8, 4) is 5.75 Å². The minimum absolute atomic E-state index is 0.0706. The Morgan fingerprint density at radius 3 is 3.00 bits per heavy atom. The van der Waals surface area contributed by atoms with Crippen LogP contribution >= 0.6 is 11.5 Å². The molecule has 0 aliphatic rings. The zero-order valence-electron chi connectivity index (χ0n) is 6.28. The third kappa shape index (κ3) is 1.57. The highest BCUT2D eigenvalue weighted by Gasteiger charge is 2.10. The molecule has 0 unspecified atom stereocenters. The van der Waals surface area contributed by atoms with Crippen LogP contribution in [0.2, 0.25) is 0 Å². The van der Waals surface area contributed by atoms with E-state index in [1.54, 1.807) is 12.1 Å². The van der Waals surface area contributed by atoms with Crippen molar-refractivity contribution in [3.63, 3.8) is 0 Å². The molecular weight excluding hydrogens is 198 g/mol. The van der Waals surface area contributed by atoms with Crippen molar-refractivity contribution < 1.29 is 13.5 Å². The number of alkyl halides is 2. The van der Waals surface area contributed by atoms with Gasteiger partial charge in [-0.1, -0.05) is 10.6 Å². The molecule has 0 atom stereocenters.